The number of carbonyl (C=O) groups is 1. The van der Waals surface area contributed by atoms with Crippen LogP contribution in [0, 0.1) is 12.3 Å². The van der Waals surface area contributed by atoms with Gasteiger partial charge in [-0.1, -0.05) is 0 Å². The van der Waals surface area contributed by atoms with Gasteiger partial charge in [-0.15, -0.1) is 12.3 Å². The van der Waals surface area contributed by atoms with E-state index in [1.165, 1.54) is 18.6 Å². The lowest BCUT2D eigenvalue weighted by atomic mass is 10.4. The van der Waals surface area contributed by atoms with E-state index < -0.39 is 0 Å². The van der Waals surface area contributed by atoms with Crippen molar-refractivity contribution in [2.45, 2.75) is 6.42 Å². The molecule has 1 amide bonds. The molecule has 1 heterocycles. The molecule has 0 radical (unpaired) electrons. The number of hydrogen-bond acceptors (Lipinski definition) is 3. The van der Waals surface area contributed by atoms with E-state index in [4.69, 9.17) is 6.42 Å². The average molecular weight is 175 g/mol. The Labute approximate surface area is 76.4 Å². The zero-order valence-corrected chi connectivity index (χ0v) is 7.03. The molecule has 0 aliphatic carbocycles. The number of nitrogens with zero attached hydrogens (tertiary/aromatic N) is 2. The maximum atomic E-state index is 11.2. The summed E-state index contributed by atoms with van der Waals surface area (Å²) in [4.78, 5) is 18.8. The van der Waals surface area contributed by atoms with Gasteiger partial charge in [0.25, 0.3) is 5.91 Å². The van der Waals surface area contributed by atoms with Gasteiger partial charge in [-0.05, 0) is 0 Å². The van der Waals surface area contributed by atoms with Crippen molar-refractivity contribution in [1.29, 1.82) is 0 Å². The van der Waals surface area contributed by atoms with Crippen LogP contribution in [0.1, 0.15) is 16.9 Å². The van der Waals surface area contributed by atoms with Crippen LogP contribution in [0.4, 0.5) is 0 Å². The van der Waals surface area contributed by atoms with Crippen molar-refractivity contribution >= 4 is 5.91 Å². The second-order valence-electron chi connectivity index (χ2n) is 2.30. The van der Waals surface area contributed by atoms with Gasteiger partial charge in [0.1, 0.15) is 5.69 Å². The summed E-state index contributed by atoms with van der Waals surface area (Å²) >= 11 is 0. The lowest BCUT2D eigenvalue weighted by Crippen LogP contribution is -2.25. The number of rotatable bonds is 3. The van der Waals surface area contributed by atoms with Crippen LogP contribution in [-0.2, 0) is 0 Å². The van der Waals surface area contributed by atoms with Crippen molar-refractivity contribution in [3.8, 4) is 12.3 Å². The van der Waals surface area contributed by atoms with Crippen molar-refractivity contribution < 1.29 is 4.79 Å². The Morgan fingerprint density at radius 2 is 2.46 bits per heavy atom. The second-order valence-corrected chi connectivity index (χ2v) is 2.30. The predicted octanol–water partition coefficient (Wildman–Crippen LogP) is 0.230. The molecule has 1 aromatic rings. The lowest BCUT2D eigenvalue weighted by Gasteiger charge is -2.00. The van der Waals surface area contributed by atoms with Crippen LogP contribution in [0.3, 0.4) is 0 Å². The monoisotopic (exact) mass is 175 g/mol. The largest absolute Gasteiger partial charge is 0.350 e. The summed E-state index contributed by atoms with van der Waals surface area (Å²) in [5.74, 6) is 2.18. The fourth-order valence-electron chi connectivity index (χ4n) is 0.755. The van der Waals surface area contributed by atoms with Gasteiger partial charge in [0.05, 0.1) is 6.20 Å². The van der Waals surface area contributed by atoms with Crippen molar-refractivity contribution in [2.75, 3.05) is 6.54 Å². The van der Waals surface area contributed by atoms with Crippen molar-refractivity contribution in [3.05, 3.63) is 24.3 Å². The van der Waals surface area contributed by atoms with Crippen LogP contribution in [-0.4, -0.2) is 22.4 Å². The van der Waals surface area contributed by atoms with Gasteiger partial charge in [-0.2, -0.15) is 0 Å². The van der Waals surface area contributed by atoms with Gasteiger partial charge < -0.3 is 5.32 Å². The first-order chi connectivity index (χ1) is 6.34. The maximum Gasteiger partial charge on any atom is 0.271 e. The maximum absolute atomic E-state index is 11.2. The van der Waals surface area contributed by atoms with Gasteiger partial charge >= 0.3 is 0 Å². The Morgan fingerprint density at radius 1 is 1.62 bits per heavy atom. The fraction of sp³-hybridized carbons (Fsp3) is 0.222. The quantitative estimate of drug-likeness (QED) is 0.528. The minimum Gasteiger partial charge on any atom is -0.350 e. The molecular weight excluding hydrogens is 166 g/mol. The highest BCUT2D eigenvalue weighted by atomic mass is 16.1. The molecule has 0 unspecified atom stereocenters. The third-order valence-electron chi connectivity index (χ3n) is 1.35. The number of nitrogens with one attached hydrogen (secondary N) is 1. The second kappa shape index (κ2) is 4.88. The van der Waals surface area contributed by atoms with Crippen molar-refractivity contribution in [3.63, 3.8) is 0 Å². The number of aromatic nitrogens is 2. The minimum atomic E-state index is -0.247. The molecule has 0 aliphatic rings. The SMILES string of the molecule is C#CCCNC(=O)c1cnccn1. The van der Waals surface area contributed by atoms with Gasteiger partial charge in [0.15, 0.2) is 0 Å². The first-order valence-corrected chi connectivity index (χ1v) is 3.82. The Bertz CT molecular complexity index is 315. The highest BCUT2D eigenvalue weighted by Gasteiger charge is 2.04. The normalized spacial score (nSPS) is 8.85. The van der Waals surface area contributed by atoms with E-state index in [1.807, 2.05) is 0 Å². The molecule has 0 aliphatic heterocycles. The molecule has 0 spiro atoms. The van der Waals surface area contributed by atoms with Crippen molar-refractivity contribution in [1.82, 2.24) is 15.3 Å². The number of carbonyl (C=O) groups excluding carboxylic acids is 1. The standard InChI is InChI=1S/C9H9N3O/c1-2-3-4-12-9(13)8-7-10-5-6-11-8/h1,5-7H,3-4H2,(H,12,13). The van der Waals surface area contributed by atoms with E-state index in [2.05, 4.69) is 21.2 Å². The Hall–Kier alpha value is -1.89. The van der Waals surface area contributed by atoms with Crippen LogP contribution in [0.2, 0.25) is 0 Å². The van der Waals surface area contributed by atoms with Crippen LogP contribution in [0.5, 0.6) is 0 Å². The molecule has 1 rings (SSSR count). The summed E-state index contributed by atoms with van der Waals surface area (Å²) in [6.07, 6.45) is 9.93. The van der Waals surface area contributed by atoms with Crippen LogP contribution >= 0.6 is 0 Å². The summed E-state index contributed by atoms with van der Waals surface area (Å²) < 4.78 is 0. The highest BCUT2D eigenvalue weighted by molar-refractivity contribution is 5.91. The van der Waals surface area contributed by atoms with E-state index in [-0.39, 0.29) is 5.91 Å². The first kappa shape index (κ1) is 9.20. The molecule has 4 nitrogen and oxygen atoms in total. The fourth-order valence-corrected chi connectivity index (χ4v) is 0.755. The summed E-state index contributed by atoms with van der Waals surface area (Å²) in [6, 6.07) is 0. The van der Waals surface area contributed by atoms with Gasteiger partial charge in [-0.3, -0.25) is 9.78 Å². The highest BCUT2D eigenvalue weighted by Crippen LogP contribution is 1.89. The molecule has 0 saturated carbocycles. The summed E-state index contributed by atoms with van der Waals surface area (Å²) in [5, 5.41) is 2.62. The molecule has 0 atom stereocenters. The first-order valence-electron chi connectivity index (χ1n) is 3.82. The topological polar surface area (TPSA) is 54.9 Å². The van der Waals surface area contributed by atoms with Crippen LogP contribution in [0.25, 0.3) is 0 Å². The smallest absolute Gasteiger partial charge is 0.271 e. The van der Waals surface area contributed by atoms with Crippen LogP contribution in [0.15, 0.2) is 18.6 Å². The molecular formula is C9H9N3O. The predicted molar refractivity (Wildman–Crippen MR) is 47.8 cm³/mol. The Kier molecular flexibility index (Phi) is 3.45. The van der Waals surface area contributed by atoms with Gasteiger partial charge in [0, 0.05) is 25.4 Å². The molecule has 0 bridgehead atoms. The van der Waals surface area contributed by atoms with Crippen LogP contribution < -0.4 is 5.32 Å². The molecule has 1 N–H and O–H groups in total. The molecule has 0 aromatic carbocycles. The summed E-state index contributed by atoms with van der Waals surface area (Å²) in [6.45, 7) is 0.464. The van der Waals surface area contributed by atoms with Crippen molar-refractivity contribution in [2.24, 2.45) is 0 Å². The Morgan fingerprint density at radius 3 is 3.08 bits per heavy atom. The zero-order chi connectivity index (χ0) is 9.52. The zero-order valence-electron chi connectivity index (χ0n) is 7.03. The molecule has 66 valence electrons. The number of hydrogen-bond donors (Lipinski definition) is 1. The molecule has 0 fully saturated rings. The number of terminal acetylenes is 1. The van der Waals surface area contributed by atoms with E-state index in [0.29, 0.717) is 18.7 Å². The molecule has 4 heteroatoms. The third-order valence-corrected chi connectivity index (χ3v) is 1.35. The van der Waals surface area contributed by atoms with Gasteiger partial charge in [0.2, 0.25) is 0 Å². The number of amides is 1. The lowest BCUT2D eigenvalue weighted by molar-refractivity contribution is 0.0949. The van der Waals surface area contributed by atoms with E-state index >= 15 is 0 Å². The van der Waals surface area contributed by atoms with E-state index in [0.717, 1.165) is 0 Å². The van der Waals surface area contributed by atoms with E-state index in [9.17, 15) is 4.79 Å². The minimum absolute atomic E-state index is 0.247. The third kappa shape index (κ3) is 2.91. The molecule has 1 aromatic heterocycles. The van der Waals surface area contributed by atoms with E-state index in [1.54, 1.807) is 0 Å². The molecule has 0 saturated heterocycles. The van der Waals surface area contributed by atoms with Gasteiger partial charge in [-0.25, -0.2) is 4.98 Å². The average Bonchev–Trinajstić information content (AvgIpc) is 2.19. The summed E-state index contributed by atoms with van der Waals surface area (Å²) in [5.41, 5.74) is 0.305. The summed E-state index contributed by atoms with van der Waals surface area (Å²) in [7, 11) is 0. The Balaban J connectivity index is 2.46. The molecule has 13 heavy (non-hydrogen) atoms.